The molecule has 2 amide bonds. The minimum atomic E-state index is -0.714. The van der Waals surface area contributed by atoms with Gasteiger partial charge in [-0.25, -0.2) is 4.79 Å². The minimum Gasteiger partial charge on any atom is -0.388 e. The highest BCUT2D eigenvalue weighted by Crippen LogP contribution is 2.35. The van der Waals surface area contributed by atoms with E-state index in [9.17, 15) is 9.90 Å². The first kappa shape index (κ1) is 14.7. The van der Waals surface area contributed by atoms with Crippen LogP contribution in [0, 0.1) is 0 Å². The van der Waals surface area contributed by atoms with Gasteiger partial charge >= 0.3 is 6.03 Å². The Balaban J connectivity index is 1.56. The predicted molar refractivity (Wildman–Crippen MR) is 82.5 cm³/mol. The number of benzene rings is 1. The fraction of sp³-hybridized carbons (Fsp3) is 0.562. The highest BCUT2D eigenvalue weighted by Gasteiger charge is 2.32. The van der Waals surface area contributed by atoms with Crippen LogP contribution in [0.1, 0.15) is 49.3 Å². The number of urea groups is 1. The molecular formula is C16H21ClN2O2. The number of nitrogens with one attached hydrogen (secondary N) is 2. The van der Waals surface area contributed by atoms with E-state index < -0.39 is 5.60 Å². The molecule has 4 nitrogen and oxygen atoms in total. The van der Waals surface area contributed by atoms with Crippen LogP contribution in [0.2, 0.25) is 5.02 Å². The third-order valence-corrected chi connectivity index (χ3v) is 4.99. The van der Waals surface area contributed by atoms with Crippen molar-refractivity contribution in [2.75, 3.05) is 6.54 Å². The van der Waals surface area contributed by atoms with Gasteiger partial charge in [-0.3, -0.25) is 0 Å². The fourth-order valence-corrected chi connectivity index (χ4v) is 3.70. The minimum absolute atomic E-state index is 0.0110. The predicted octanol–water partition coefficient (Wildman–Crippen LogP) is 2.93. The van der Waals surface area contributed by atoms with E-state index in [1.165, 1.54) is 0 Å². The van der Waals surface area contributed by atoms with Crippen molar-refractivity contribution < 1.29 is 9.90 Å². The van der Waals surface area contributed by atoms with Gasteiger partial charge in [0.2, 0.25) is 0 Å². The highest BCUT2D eigenvalue weighted by atomic mass is 35.5. The summed E-state index contributed by atoms with van der Waals surface area (Å²) in [7, 11) is 0. The molecule has 2 aliphatic carbocycles. The summed E-state index contributed by atoms with van der Waals surface area (Å²) < 4.78 is 0. The Labute approximate surface area is 129 Å². The molecule has 0 aliphatic heterocycles. The van der Waals surface area contributed by atoms with Crippen molar-refractivity contribution in [2.24, 2.45) is 0 Å². The average molecular weight is 309 g/mol. The standard InChI is InChI=1S/C16H21ClN2O2/c17-13-5-3-4-12-11(13)6-7-14(12)19-15(20)18-10-16(21)8-1-2-9-16/h3-5,14,21H,1-2,6-10H2,(H2,18,19,20). The summed E-state index contributed by atoms with van der Waals surface area (Å²) in [6, 6.07) is 5.62. The number of carbonyl (C=O) groups is 1. The molecule has 0 spiro atoms. The van der Waals surface area contributed by atoms with Crippen LogP contribution >= 0.6 is 11.6 Å². The quantitative estimate of drug-likeness (QED) is 0.804. The van der Waals surface area contributed by atoms with Gasteiger partial charge < -0.3 is 15.7 Å². The summed E-state index contributed by atoms with van der Waals surface area (Å²) in [5.74, 6) is 0. The maximum Gasteiger partial charge on any atom is 0.315 e. The smallest absolute Gasteiger partial charge is 0.315 e. The number of amides is 2. The monoisotopic (exact) mass is 308 g/mol. The van der Waals surface area contributed by atoms with Crippen LogP contribution in [0.25, 0.3) is 0 Å². The van der Waals surface area contributed by atoms with Crippen molar-refractivity contribution in [2.45, 2.75) is 50.2 Å². The van der Waals surface area contributed by atoms with Crippen molar-refractivity contribution in [3.8, 4) is 0 Å². The Kier molecular flexibility index (Phi) is 4.09. The molecule has 1 saturated carbocycles. The summed E-state index contributed by atoms with van der Waals surface area (Å²) in [5.41, 5.74) is 1.53. The van der Waals surface area contributed by atoms with Gasteiger partial charge in [-0.2, -0.15) is 0 Å². The van der Waals surface area contributed by atoms with Crippen molar-refractivity contribution in [3.05, 3.63) is 34.3 Å². The molecule has 0 saturated heterocycles. The molecule has 0 aromatic heterocycles. The first-order valence-electron chi connectivity index (χ1n) is 7.61. The lowest BCUT2D eigenvalue weighted by Gasteiger charge is -2.23. The second kappa shape index (κ2) is 5.85. The van der Waals surface area contributed by atoms with E-state index >= 15 is 0 Å². The van der Waals surface area contributed by atoms with Gasteiger partial charge in [0.1, 0.15) is 0 Å². The van der Waals surface area contributed by atoms with Crippen LogP contribution in [0.3, 0.4) is 0 Å². The molecular weight excluding hydrogens is 288 g/mol. The number of hydrogen-bond donors (Lipinski definition) is 3. The van der Waals surface area contributed by atoms with E-state index in [-0.39, 0.29) is 12.1 Å². The molecule has 3 rings (SSSR count). The van der Waals surface area contributed by atoms with Crippen LogP contribution in [-0.4, -0.2) is 23.3 Å². The normalized spacial score (nSPS) is 22.9. The van der Waals surface area contributed by atoms with Crippen LogP contribution < -0.4 is 10.6 Å². The molecule has 2 aliphatic rings. The number of fused-ring (bicyclic) bond motifs is 1. The van der Waals surface area contributed by atoms with Gasteiger partial charge in [-0.1, -0.05) is 36.6 Å². The molecule has 1 fully saturated rings. The van der Waals surface area contributed by atoms with Crippen LogP contribution in [-0.2, 0) is 6.42 Å². The second-order valence-corrected chi connectivity index (χ2v) is 6.56. The largest absolute Gasteiger partial charge is 0.388 e. The maximum absolute atomic E-state index is 12.0. The molecule has 114 valence electrons. The summed E-state index contributed by atoms with van der Waals surface area (Å²) >= 11 is 6.18. The molecule has 0 heterocycles. The molecule has 0 bridgehead atoms. The average Bonchev–Trinajstić information content (AvgIpc) is 3.06. The van der Waals surface area contributed by atoms with E-state index in [4.69, 9.17) is 11.6 Å². The molecule has 1 aromatic carbocycles. The number of aliphatic hydroxyl groups is 1. The molecule has 0 radical (unpaired) electrons. The number of hydrogen-bond acceptors (Lipinski definition) is 2. The molecule has 5 heteroatoms. The summed E-state index contributed by atoms with van der Waals surface area (Å²) in [6.45, 7) is 0.327. The first-order valence-corrected chi connectivity index (χ1v) is 7.99. The highest BCUT2D eigenvalue weighted by molar-refractivity contribution is 6.31. The summed E-state index contributed by atoms with van der Waals surface area (Å²) in [5, 5.41) is 16.8. The Morgan fingerprint density at radius 3 is 2.90 bits per heavy atom. The number of rotatable bonds is 3. The maximum atomic E-state index is 12.0. The summed E-state index contributed by atoms with van der Waals surface area (Å²) in [4.78, 5) is 12.0. The number of carbonyl (C=O) groups excluding carboxylic acids is 1. The Morgan fingerprint density at radius 1 is 1.38 bits per heavy atom. The van der Waals surface area contributed by atoms with Gasteiger partial charge in [0, 0.05) is 11.6 Å². The SMILES string of the molecule is O=C(NCC1(O)CCCC1)NC1CCc2c(Cl)cccc21. The second-order valence-electron chi connectivity index (χ2n) is 6.16. The Hall–Kier alpha value is -1.26. The molecule has 1 atom stereocenters. The van der Waals surface area contributed by atoms with E-state index in [1.807, 2.05) is 18.2 Å². The van der Waals surface area contributed by atoms with Gasteiger partial charge in [0.15, 0.2) is 0 Å². The van der Waals surface area contributed by atoms with Crippen molar-refractivity contribution in [1.82, 2.24) is 10.6 Å². The lowest BCUT2D eigenvalue weighted by Crippen LogP contribution is -2.45. The van der Waals surface area contributed by atoms with Gasteiger partial charge in [-0.15, -0.1) is 0 Å². The van der Waals surface area contributed by atoms with E-state index in [1.54, 1.807) is 0 Å². The van der Waals surface area contributed by atoms with Crippen molar-refractivity contribution in [1.29, 1.82) is 0 Å². The van der Waals surface area contributed by atoms with Gasteiger partial charge in [-0.05, 0) is 42.9 Å². The summed E-state index contributed by atoms with van der Waals surface area (Å²) in [6.07, 6.45) is 5.38. The van der Waals surface area contributed by atoms with E-state index in [2.05, 4.69) is 10.6 Å². The number of halogens is 1. The molecule has 21 heavy (non-hydrogen) atoms. The zero-order valence-corrected chi connectivity index (χ0v) is 12.7. The Bertz CT molecular complexity index is 541. The molecule has 1 aromatic rings. The lowest BCUT2D eigenvalue weighted by atomic mass is 10.0. The van der Waals surface area contributed by atoms with Crippen LogP contribution in [0.5, 0.6) is 0 Å². The first-order chi connectivity index (χ1) is 10.1. The van der Waals surface area contributed by atoms with E-state index in [0.717, 1.165) is 54.7 Å². The van der Waals surface area contributed by atoms with Gasteiger partial charge in [0.05, 0.1) is 11.6 Å². The zero-order chi connectivity index (χ0) is 14.9. The topological polar surface area (TPSA) is 61.4 Å². The third kappa shape index (κ3) is 3.16. The Morgan fingerprint density at radius 2 is 2.14 bits per heavy atom. The van der Waals surface area contributed by atoms with Crippen LogP contribution in [0.15, 0.2) is 18.2 Å². The fourth-order valence-electron chi connectivity index (χ4n) is 3.42. The zero-order valence-electron chi connectivity index (χ0n) is 12.0. The van der Waals surface area contributed by atoms with E-state index in [0.29, 0.717) is 6.54 Å². The molecule has 3 N–H and O–H groups in total. The molecule has 1 unspecified atom stereocenters. The van der Waals surface area contributed by atoms with Crippen molar-refractivity contribution >= 4 is 17.6 Å². The van der Waals surface area contributed by atoms with Crippen LogP contribution in [0.4, 0.5) is 4.79 Å². The lowest BCUT2D eigenvalue weighted by molar-refractivity contribution is 0.0500. The van der Waals surface area contributed by atoms with Crippen molar-refractivity contribution in [3.63, 3.8) is 0 Å². The van der Waals surface area contributed by atoms with Gasteiger partial charge in [0.25, 0.3) is 0 Å². The third-order valence-electron chi connectivity index (χ3n) is 4.63.